The minimum Gasteiger partial charge on any atom is -0.299 e. The molecular formula is C18H16N2O2S2. The third-order valence-electron chi connectivity index (χ3n) is 3.39. The molecule has 0 aliphatic heterocycles. The number of thiophene rings is 1. The zero-order valence-corrected chi connectivity index (χ0v) is 14.8. The lowest BCUT2D eigenvalue weighted by molar-refractivity contribution is -0.114. The maximum Gasteiger partial charge on any atom is 0.263 e. The van der Waals surface area contributed by atoms with Crippen molar-refractivity contribution in [2.24, 2.45) is 0 Å². The van der Waals surface area contributed by atoms with E-state index < -0.39 is 0 Å². The number of hydrogen-bond donors (Lipinski definition) is 0. The van der Waals surface area contributed by atoms with Gasteiger partial charge in [-0.1, -0.05) is 48.2 Å². The molecule has 2 aromatic heterocycles. The zero-order chi connectivity index (χ0) is 17.1. The van der Waals surface area contributed by atoms with Gasteiger partial charge in [0.2, 0.25) is 0 Å². The molecule has 0 aliphatic rings. The van der Waals surface area contributed by atoms with Crippen molar-refractivity contribution in [3.8, 4) is 10.4 Å². The highest BCUT2D eigenvalue weighted by molar-refractivity contribution is 7.99. The van der Waals surface area contributed by atoms with E-state index in [0.29, 0.717) is 27.7 Å². The van der Waals surface area contributed by atoms with Crippen LogP contribution in [0.15, 0.2) is 59.0 Å². The third kappa shape index (κ3) is 3.34. The molecule has 1 aromatic carbocycles. The van der Waals surface area contributed by atoms with Crippen molar-refractivity contribution >= 4 is 39.1 Å². The van der Waals surface area contributed by atoms with Crippen molar-refractivity contribution in [2.75, 3.05) is 5.75 Å². The van der Waals surface area contributed by atoms with Crippen molar-refractivity contribution in [2.45, 2.75) is 18.6 Å². The van der Waals surface area contributed by atoms with Gasteiger partial charge in [-0.05, 0) is 18.6 Å². The largest absolute Gasteiger partial charge is 0.299 e. The lowest BCUT2D eigenvalue weighted by Crippen LogP contribution is -2.22. The molecule has 0 radical (unpaired) electrons. The van der Waals surface area contributed by atoms with Gasteiger partial charge in [-0.2, -0.15) is 0 Å². The predicted octanol–water partition coefficient (Wildman–Crippen LogP) is 3.99. The molecule has 0 amide bonds. The smallest absolute Gasteiger partial charge is 0.263 e. The van der Waals surface area contributed by atoms with E-state index in [1.54, 1.807) is 10.6 Å². The number of hydrogen-bond acceptors (Lipinski definition) is 5. The summed E-state index contributed by atoms with van der Waals surface area (Å²) < 4.78 is 1.57. The van der Waals surface area contributed by atoms with E-state index in [0.717, 1.165) is 10.4 Å². The third-order valence-corrected chi connectivity index (χ3v) is 5.59. The van der Waals surface area contributed by atoms with Crippen LogP contribution >= 0.6 is 23.1 Å². The number of ketones is 1. The molecule has 6 heteroatoms. The number of carbonyl (C=O) groups is 1. The molecule has 0 unspecified atom stereocenters. The first-order chi connectivity index (χ1) is 11.6. The van der Waals surface area contributed by atoms with E-state index in [4.69, 9.17) is 0 Å². The summed E-state index contributed by atoms with van der Waals surface area (Å²) in [5.74, 6) is 0.349. The van der Waals surface area contributed by atoms with Gasteiger partial charge in [0, 0.05) is 11.4 Å². The number of rotatable bonds is 6. The average molecular weight is 356 g/mol. The molecule has 0 fully saturated rings. The van der Waals surface area contributed by atoms with Gasteiger partial charge >= 0.3 is 0 Å². The highest BCUT2D eigenvalue weighted by Gasteiger charge is 2.15. The number of Topliss-reactive ketones (excluding diaryl/α,β-unsaturated/α-hetero) is 1. The van der Waals surface area contributed by atoms with Gasteiger partial charge in [0.1, 0.15) is 10.6 Å². The van der Waals surface area contributed by atoms with E-state index in [1.807, 2.05) is 36.4 Å². The van der Waals surface area contributed by atoms with Crippen molar-refractivity contribution < 1.29 is 4.79 Å². The molecule has 0 aliphatic carbocycles. The molecule has 0 saturated heterocycles. The van der Waals surface area contributed by atoms with Gasteiger partial charge in [0.15, 0.2) is 5.16 Å². The second-order valence-electron chi connectivity index (χ2n) is 5.29. The van der Waals surface area contributed by atoms with Crippen LogP contribution in [0.4, 0.5) is 0 Å². The van der Waals surface area contributed by atoms with Crippen LogP contribution in [0, 0.1) is 0 Å². The summed E-state index contributed by atoms with van der Waals surface area (Å²) in [6.45, 7) is 5.61. The topological polar surface area (TPSA) is 52.0 Å². The fourth-order valence-electron chi connectivity index (χ4n) is 2.31. The van der Waals surface area contributed by atoms with E-state index in [2.05, 4.69) is 11.6 Å². The van der Waals surface area contributed by atoms with Crippen LogP contribution in [0.5, 0.6) is 0 Å². The maximum absolute atomic E-state index is 12.8. The first kappa shape index (κ1) is 16.7. The summed E-state index contributed by atoms with van der Waals surface area (Å²) in [4.78, 5) is 30.4. The first-order valence-corrected chi connectivity index (χ1v) is 9.23. The van der Waals surface area contributed by atoms with Gasteiger partial charge in [-0.15, -0.1) is 17.9 Å². The Morgan fingerprint density at radius 2 is 2.12 bits per heavy atom. The van der Waals surface area contributed by atoms with Crippen LogP contribution in [0.25, 0.3) is 20.7 Å². The zero-order valence-electron chi connectivity index (χ0n) is 13.2. The standard InChI is InChI=1S/C18H16N2O2S2/c1-3-9-20-17(22)14-10-15(13-7-5-4-6-8-13)24-16(14)19-18(20)23-11-12(2)21/h3-8,10H,1,9,11H2,2H3. The molecule has 3 aromatic rings. The van der Waals surface area contributed by atoms with Gasteiger partial charge in [-0.3, -0.25) is 14.2 Å². The molecule has 4 nitrogen and oxygen atoms in total. The highest BCUT2D eigenvalue weighted by Crippen LogP contribution is 2.32. The number of fused-ring (bicyclic) bond motifs is 1. The van der Waals surface area contributed by atoms with Crippen LogP contribution in [-0.4, -0.2) is 21.1 Å². The van der Waals surface area contributed by atoms with E-state index in [1.165, 1.54) is 30.0 Å². The first-order valence-electron chi connectivity index (χ1n) is 7.43. The summed E-state index contributed by atoms with van der Waals surface area (Å²) in [5, 5.41) is 1.16. The normalized spacial score (nSPS) is 10.9. The molecular weight excluding hydrogens is 340 g/mol. The second-order valence-corrected chi connectivity index (χ2v) is 7.26. The van der Waals surface area contributed by atoms with E-state index in [-0.39, 0.29) is 11.3 Å². The molecule has 2 heterocycles. The lowest BCUT2D eigenvalue weighted by atomic mass is 10.2. The summed E-state index contributed by atoms with van der Waals surface area (Å²) >= 11 is 2.78. The molecule has 122 valence electrons. The molecule has 0 bridgehead atoms. The number of allylic oxidation sites excluding steroid dienone is 1. The summed E-state index contributed by atoms with van der Waals surface area (Å²) in [6, 6.07) is 11.8. The summed E-state index contributed by atoms with van der Waals surface area (Å²) in [7, 11) is 0. The number of nitrogens with zero attached hydrogens (tertiary/aromatic N) is 2. The Morgan fingerprint density at radius 3 is 2.79 bits per heavy atom. The number of aromatic nitrogens is 2. The van der Waals surface area contributed by atoms with Crippen molar-refractivity contribution in [1.29, 1.82) is 0 Å². The molecule has 0 spiro atoms. The Kier molecular flexibility index (Phi) is 4.97. The Bertz CT molecular complexity index is 958. The Morgan fingerprint density at radius 1 is 1.38 bits per heavy atom. The Balaban J connectivity index is 2.14. The van der Waals surface area contributed by atoms with Gasteiger partial charge in [0.05, 0.1) is 11.1 Å². The Hall–Kier alpha value is -2.18. The van der Waals surface area contributed by atoms with E-state index in [9.17, 15) is 9.59 Å². The lowest BCUT2D eigenvalue weighted by Gasteiger charge is -2.08. The Labute approximate surface area is 147 Å². The SMILES string of the molecule is C=CCn1c(SCC(C)=O)nc2sc(-c3ccccc3)cc2c1=O. The van der Waals surface area contributed by atoms with Crippen LogP contribution in [0.1, 0.15) is 6.92 Å². The fraction of sp³-hybridized carbons (Fsp3) is 0.167. The van der Waals surface area contributed by atoms with Crippen molar-refractivity contribution in [3.05, 3.63) is 59.4 Å². The van der Waals surface area contributed by atoms with Gasteiger partial charge in [0.25, 0.3) is 5.56 Å². The van der Waals surface area contributed by atoms with Crippen LogP contribution in [0.3, 0.4) is 0 Å². The van der Waals surface area contributed by atoms with Gasteiger partial charge in [-0.25, -0.2) is 4.98 Å². The summed E-state index contributed by atoms with van der Waals surface area (Å²) in [6.07, 6.45) is 1.66. The minimum absolute atomic E-state index is 0.0515. The van der Waals surface area contributed by atoms with Crippen molar-refractivity contribution in [1.82, 2.24) is 9.55 Å². The summed E-state index contributed by atoms with van der Waals surface area (Å²) in [5.41, 5.74) is 0.970. The van der Waals surface area contributed by atoms with Crippen LogP contribution < -0.4 is 5.56 Å². The molecule has 0 N–H and O–H groups in total. The monoisotopic (exact) mass is 356 g/mol. The van der Waals surface area contributed by atoms with Crippen LogP contribution in [0.2, 0.25) is 0 Å². The maximum atomic E-state index is 12.8. The minimum atomic E-state index is -0.0932. The molecule has 0 saturated carbocycles. The van der Waals surface area contributed by atoms with Crippen LogP contribution in [-0.2, 0) is 11.3 Å². The quantitative estimate of drug-likeness (QED) is 0.381. The van der Waals surface area contributed by atoms with Gasteiger partial charge < -0.3 is 0 Å². The number of benzene rings is 1. The number of carbonyl (C=O) groups excluding carboxylic acids is 1. The fourth-order valence-corrected chi connectivity index (χ4v) is 4.19. The highest BCUT2D eigenvalue weighted by atomic mass is 32.2. The molecule has 24 heavy (non-hydrogen) atoms. The molecule has 3 rings (SSSR count). The predicted molar refractivity (Wildman–Crippen MR) is 101 cm³/mol. The number of thioether (sulfide) groups is 1. The second kappa shape index (κ2) is 7.15. The molecule has 0 atom stereocenters. The van der Waals surface area contributed by atoms with E-state index >= 15 is 0 Å². The average Bonchev–Trinajstić information content (AvgIpc) is 3.01. The van der Waals surface area contributed by atoms with Crippen molar-refractivity contribution in [3.63, 3.8) is 0 Å².